The molecule has 0 fully saturated rings. The normalized spacial score (nSPS) is 10.6. The average Bonchev–Trinajstić information content (AvgIpc) is 2.02. The topological polar surface area (TPSA) is 40.1 Å². The molecule has 0 bridgehead atoms. The van der Waals surface area contributed by atoms with E-state index in [4.69, 9.17) is 0 Å². The summed E-state index contributed by atoms with van der Waals surface area (Å²) in [4.78, 5) is 10.3. The van der Waals surface area contributed by atoms with Gasteiger partial charge in [-0.1, -0.05) is 45.0 Å². The number of hydrogen-bond donors (Lipinski definition) is 0. The Balaban J connectivity index is 0.00000196. The standard InChI is InChI=1S/C12H16O2.Na/c1-12(2,3)10-6-4-9(5-7-10)8-11(13)14;/h4-7H,8H2,1-3H3,(H,13,14);/q;+1/p-1. The molecule has 3 heteroatoms. The van der Waals surface area contributed by atoms with E-state index in [-0.39, 0.29) is 41.4 Å². The minimum absolute atomic E-state index is 0. The molecule has 0 aliphatic rings. The Morgan fingerprint density at radius 2 is 1.67 bits per heavy atom. The summed E-state index contributed by atoms with van der Waals surface area (Å²) in [5.74, 6) is -1.03. The molecule has 15 heavy (non-hydrogen) atoms. The number of benzene rings is 1. The second-order valence-electron chi connectivity index (χ2n) is 4.50. The minimum atomic E-state index is -1.03. The van der Waals surface area contributed by atoms with Gasteiger partial charge < -0.3 is 9.90 Å². The molecule has 1 rings (SSSR count). The quantitative estimate of drug-likeness (QED) is 0.549. The van der Waals surface area contributed by atoms with Crippen LogP contribution in [-0.2, 0) is 16.6 Å². The van der Waals surface area contributed by atoms with Gasteiger partial charge in [0.2, 0.25) is 0 Å². The van der Waals surface area contributed by atoms with E-state index < -0.39 is 5.97 Å². The van der Waals surface area contributed by atoms with Gasteiger partial charge in [0.1, 0.15) is 0 Å². The van der Waals surface area contributed by atoms with Crippen LogP contribution >= 0.6 is 0 Å². The van der Waals surface area contributed by atoms with E-state index in [1.54, 1.807) is 0 Å². The summed E-state index contributed by atoms with van der Waals surface area (Å²) in [6.45, 7) is 6.38. The van der Waals surface area contributed by atoms with E-state index >= 15 is 0 Å². The van der Waals surface area contributed by atoms with E-state index in [1.807, 2.05) is 24.3 Å². The first kappa shape index (κ1) is 14.7. The van der Waals surface area contributed by atoms with Crippen LogP contribution in [0, 0.1) is 0 Å². The molecule has 2 nitrogen and oxygen atoms in total. The molecule has 0 aliphatic heterocycles. The van der Waals surface area contributed by atoms with Gasteiger partial charge in [0.05, 0.1) is 0 Å². The van der Waals surface area contributed by atoms with Crippen molar-refractivity contribution in [2.45, 2.75) is 32.6 Å². The molecular weight excluding hydrogens is 199 g/mol. The van der Waals surface area contributed by atoms with Crippen LogP contribution in [0.4, 0.5) is 0 Å². The molecule has 0 aromatic heterocycles. The van der Waals surface area contributed by atoms with Crippen molar-refractivity contribution in [3.63, 3.8) is 0 Å². The summed E-state index contributed by atoms with van der Waals surface area (Å²) in [6.07, 6.45) is -0.00950. The second-order valence-corrected chi connectivity index (χ2v) is 4.50. The number of carbonyl (C=O) groups is 1. The summed E-state index contributed by atoms with van der Waals surface area (Å²) < 4.78 is 0. The van der Waals surface area contributed by atoms with Gasteiger partial charge in [-0.2, -0.15) is 0 Å². The first-order chi connectivity index (χ1) is 6.39. The smallest absolute Gasteiger partial charge is 0.550 e. The maximum absolute atomic E-state index is 10.3. The van der Waals surface area contributed by atoms with Gasteiger partial charge in [0.15, 0.2) is 0 Å². The zero-order valence-electron chi connectivity index (χ0n) is 9.83. The maximum atomic E-state index is 10.3. The predicted octanol–water partition coefficient (Wildman–Crippen LogP) is -1.72. The minimum Gasteiger partial charge on any atom is -0.550 e. The maximum Gasteiger partial charge on any atom is 1.00 e. The van der Waals surface area contributed by atoms with Crippen LogP contribution in [0.25, 0.3) is 0 Å². The predicted molar refractivity (Wildman–Crippen MR) is 53.9 cm³/mol. The molecule has 1 aromatic carbocycles. The Labute approximate surface area is 113 Å². The fourth-order valence-corrected chi connectivity index (χ4v) is 1.29. The van der Waals surface area contributed by atoms with E-state index in [2.05, 4.69) is 20.8 Å². The van der Waals surface area contributed by atoms with Crippen molar-refractivity contribution in [2.75, 3.05) is 0 Å². The molecule has 0 radical (unpaired) electrons. The first-order valence-corrected chi connectivity index (χ1v) is 4.69. The summed E-state index contributed by atoms with van der Waals surface area (Å²) in [6, 6.07) is 7.63. The Hall–Kier alpha value is -0.310. The van der Waals surface area contributed by atoms with Crippen molar-refractivity contribution in [2.24, 2.45) is 0 Å². The van der Waals surface area contributed by atoms with Crippen LogP contribution in [-0.4, -0.2) is 5.97 Å². The summed E-state index contributed by atoms with van der Waals surface area (Å²) in [5.41, 5.74) is 2.11. The molecular formula is C12H15NaO2. The van der Waals surface area contributed by atoms with Gasteiger partial charge in [-0.05, 0) is 16.5 Å². The summed E-state index contributed by atoms with van der Waals surface area (Å²) >= 11 is 0. The van der Waals surface area contributed by atoms with Crippen molar-refractivity contribution in [3.05, 3.63) is 35.4 Å². The first-order valence-electron chi connectivity index (χ1n) is 4.69. The second kappa shape index (κ2) is 5.69. The average molecular weight is 214 g/mol. The zero-order valence-corrected chi connectivity index (χ0v) is 11.8. The third-order valence-electron chi connectivity index (χ3n) is 2.17. The third-order valence-corrected chi connectivity index (χ3v) is 2.17. The number of rotatable bonds is 2. The number of carboxylic acid groups (broad SMARTS) is 1. The van der Waals surface area contributed by atoms with Gasteiger partial charge in [-0.15, -0.1) is 0 Å². The number of carbonyl (C=O) groups excluding carboxylic acids is 1. The van der Waals surface area contributed by atoms with Gasteiger partial charge >= 0.3 is 29.6 Å². The molecule has 0 heterocycles. The number of carboxylic acids is 1. The number of hydrogen-bond acceptors (Lipinski definition) is 2. The molecule has 0 saturated heterocycles. The zero-order chi connectivity index (χ0) is 10.8. The third kappa shape index (κ3) is 4.83. The van der Waals surface area contributed by atoms with Crippen LogP contribution in [0.3, 0.4) is 0 Å². The van der Waals surface area contributed by atoms with Crippen LogP contribution in [0.2, 0.25) is 0 Å². The van der Waals surface area contributed by atoms with Crippen molar-refractivity contribution >= 4 is 5.97 Å². The fourth-order valence-electron chi connectivity index (χ4n) is 1.29. The van der Waals surface area contributed by atoms with E-state index in [0.717, 1.165) is 5.56 Å². The SMILES string of the molecule is CC(C)(C)c1ccc(CC(=O)[O-])cc1.[Na+]. The van der Waals surface area contributed by atoms with Gasteiger partial charge in [-0.25, -0.2) is 0 Å². The Morgan fingerprint density at radius 1 is 1.20 bits per heavy atom. The van der Waals surface area contributed by atoms with E-state index in [0.29, 0.717) is 0 Å². The molecule has 1 aromatic rings. The Bertz CT molecular complexity index is 322. The van der Waals surface area contributed by atoms with Gasteiger partial charge in [0, 0.05) is 12.4 Å². The fraction of sp³-hybridized carbons (Fsp3) is 0.417. The van der Waals surface area contributed by atoms with Crippen LogP contribution < -0.4 is 34.7 Å². The largest absolute Gasteiger partial charge is 1.00 e. The monoisotopic (exact) mass is 214 g/mol. The molecule has 0 aliphatic carbocycles. The number of aliphatic carboxylic acids is 1. The van der Waals surface area contributed by atoms with Crippen molar-refractivity contribution in [3.8, 4) is 0 Å². The molecule has 76 valence electrons. The molecule has 0 atom stereocenters. The van der Waals surface area contributed by atoms with Crippen molar-refractivity contribution in [1.29, 1.82) is 0 Å². The van der Waals surface area contributed by atoms with Crippen molar-refractivity contribution < 1.29 is 39.5 Å². The summed E-state index contributed by atoms with van der Waals surface area (Å²) in [7, 11) is 0. The van der Waals surface area contributed by atoms with Crippen LogP contribution in [0.1, 0.15) is 31.9 Å². The van der Waals surface area contributed by atoms with E-state index in [9.17, 15) is 9.90 Å². The molecule has 0 amide bonds. The molecule has 0 spiro atoms. The van der Waals surface area contributed by atoms with Gasteiger partial charge in [-0.3, -0.25) is 0 Å². The van der Waals surface area contributed by atoms with Gasteiger partial charge in [0.25, 0.3) is 0 Å². The Morgan fingerprint density at radius 3 is 2.00 bits per heavy atom. The van der Waals surface area contributed by atoms with Crippen molar-refractivity contribution in [1.82, 2.24) is 0 Å². The van der Waals surface area contributed by atoms with E-state index in [1.165, 1.54) is 5.56 Å². The molecule has 0 saturated carbocycles. The Kier molecular flexibility index (Phi) is 5.57. The molecule has 0 unspecified atom stereocenters. The van der Waals surface area contributed by atoms with Crippen LogP contribution in [0.5, 0.6) is 0 Å². The summed E-state index contributed by atoms with van der Waals surface area (Å²) in [5, 5.41) is 10.3. The van der Waals surface area contributed by atoms with Crippen LogP contribution in [0.15, 0.2) is 24.3 Å². The molecule has 0 N–H and O–H groups in total.